The number of nitrogens with zero attached hydrogens (tertiary/aromatic N) is 1. The number of ketones is 1. The van der Waals surface area contributed by atoms with Crippen LogP contribution in [0.1, 0.15) is 15.9 Å². The van der Waals surface area contributed by atoms with Crippen molar-refractivity contribution in [2.75, 3.05) is 26.3 Å². The minimum Gasteiger partial charge on any atom is -0.493 e. The summed E-state index contributed by atoms with van der Waals surface area (Å²) in [5.41, 5.74) is 2.65. The van der Waals surface area contributed by atoms with Gasteiger partial charge in [0.1, 0.15) is 23.9 Å². The Morgan fingerprint density at radius 2 is 1.81 bits per heavy atom. The normalized spacial score (nSPS) is 15.5. The number of hydrogen-bond donors (Lipinski definition) is 0. The number of halogens is 1. The first-order valence-corrected chi connectivity index (χ1v) is 10.6. The number of hydrogen-bond acceptors (Lipinski definition) is 4. The van der Waals surface area contributed by atoms with Crippen LogP contribution in [0.25, 0.3) is 11.1 Å². The molecule has 1 fully saturated rings. The molecule has 0 unspecified atom stereocenters. The summed E-state index contributed by atoms with van der Waals surface area (Å²) in [4.78, 5) is 26.0. The first kappa shape index (κ1) is 20.2. The Balaban J connectivity index is 1.21. The van der Waals surface area contributed by atoms with Gasteiger partial charge in [0.15, 0.2) is 5.78 Å². The van der Waals surface area contributed by atoms with Gasteiger partial charge in [0.05, 0.1) is 12.2 Å². The van der Waals surface area contributed by atoms with E-state index >= 15 is 0 Å². The number of para-hydroxylation sites is 1. The van der Waals surface area contributed by atoms with Crippen LogP contribution in [-0.4, -0.2) is 42.9 Å². The predicted molar refractivity (Wildman–Crippen MR) is 117 cm³/mol. The molecule has 2 heterocycles. The van der Waals surface area contributed by atoms with Crippen molar-refractivity contribution in [3.8, 4) is 22.6 Å². The molecular formula is C26H22FNO4. The van der Waals surface area contributed by atoms with Crippen LogP contribution >= 0.6 is 0 Å². The first-order valence-electron chi connectivity index (χ1n) is 10.6. The second-order valence-electron chi connectivity index (χ2n) is 8.19. The van der Waals surface area contributed by atoms with E-state index in [-0.39, 0.29) is 36.2 Å². The van der Waals surface area contributed by atoms with Crippen molar-refractivity contribution in [3.63, 3.8) is 0 Å². The van der Waals surface area contributed by atoms with Crippen LogP contribution in [0.2, 0.25) is 0 Å². The van der Waals surface area contributed by atoms with Crippen molar-refractivity contribution in [2.45, 2.75) is 6.42 Å². The van der Waals surface area contributed by atoms with E-state index in [0.29, 0.717) is 31.0 Å². The van der Waals surface area contributed by atoms with Gasteiger partial charge in [-0.1, -0.05) is 48.5 Å². The SMILES string of the molecule is O=C1COc2cc(F)c(C(=O)N3CC(COc4ccccc4-c4ccccc4)C3)cc2C1. The highest BCUT2D eigenvalue weighted by molar-refractivity contribution is 5.96. The molecule has 1 saturated heterocycles. The van der Waals surface area contributed by atoms with Crippen LogP contribution in [0.15, 0.2) is 66.7 Å². The topological polar surface area (TPSA) is 55.8 Å². The lowest BCUT2D eigenvalue weighted by atomic mass is 9.97. The molecule has 2 aliphatic rings. The third kappa shape index (κ3) is 3.96. The molecule has 0 spiro atoms. The van der Waals surface area contributed by atoms with E-state index in [1.165, 1.54) is 12.1 Å². The smallest absolute Gasteiger partial charge is 0.256 e. The molecule has 0 saturated carbocycles. The third-order valence-corrected chi connectivity index (χ3v) is 5.85. The molecule has 2 aliphatic heterocycles. The van der Waals surface area contributed by atoms with E-state index in [2.05, 4.69) is 0 Å². The fraction of sp³-hybridized carbons (Fsp3) is 0.231. The van der Waals surface area contributed by atoms with E-state index in [1.807, 2.05) is 54.6 Å². The summed E-state index contributed by atoms with van der Waals surface area (Å²) in [6.45, 7) is 1.42. The number of rotatable bonds is 5. The zero-order valence-electron chi connectivity index (χ0n) is 17.4. The molecule has 1 amide bonds. The summed E-state index contributed by atoms with van der Waals surface area (Å²) < 4.78 is 25.8. The molecule has 0 N–H and O–H groups in total. The molecule has 0 atom stereocenters. The van der Waals surface area contributed by atoms with Crippen molar-refractivity contribution in [1.82, 2.24) is 4.90 Å². The number of likely N-dealkylation sites (tertiary alicyclic amines) is 1. The number of ether oxygens (including phenoxy) is 2. The Morgan fingerprint density at radius 3 is 2.62 bits per heavy atom. The number of benzene rings is 3. The molecular weight excluding hydrogens is 409 g/mol. The highest BCUT2D eigenvalue weighted by Crippen LogP contribution is 2.32. The first-order chi connectivity index (χ1) is 15.6. The summed E-state index contributed by atoms with van der Waals surface area (Å²) in [6.07, 6.45) is 0.160. The fourth-order valence-corrected chi connectivity index (χ4v) is 4.13. The summed E-state index contributed by atoms with van der Waals surface area (Å²) in [6, 6.07) is 20.6. The van der Waals surface area contributed by atoms with Crippen LogP contribution in [0.5, 0.6) is 11.5 Å². The van der Waals surface area contributed by atoms with Crippen LogP contribution < -0.4 is 9.47 Å². The predicted octanol–water partition coefficient (Wildman–Crippen LogP) is 4.15. The monoisotopic (exact) mass is 431 g/mol. The van der Waals surface area contributed by atoms with Gasteiger partial charge in [0, 0.05) is 42.6 Å². The summed E-state index contributed by atoms with van der Waals surface area (Å²) in [5, 5.41) is 0. The van der Waals surface area contributed by atoms with E-state index in [0.717, 1.165) is 16.9 Å². The van der Waals surface area contributed by atoms with E-state index < -0.39 is 5.82 Å². The van der Waals surface area contributed by atoms with E-state index in [4.69, 9.17) is 9.47 Å². The Morgan fingerprint density at radius 1 is 1.06 bits per heavy atom. The maximum atomic E-state index is 14.5. The maximum absolute atomic E-state index is 14.5. The van der Waals surface area contributed by atoms with Crippen LogP contribution in [-0.2, 0) is 11.2 Å². The average Bonchev–Trinajstić information content (AvgIpc) is 2.78. The fourth-order valence-electron chi connectivity index (χ4n) is 4.13. The molecule has 0 bridgehead atoms. The standard InChI is InChI=1S/C26H22FNO4/c27-23-12-25-19(10-20(29)16-32-25)11-22(23)26(30)28-13-17(14-28)15-31-24-9-5-4-8-21(24)18-6-2-1-3-7-18/h1-9,11-12,17H,10,13-16H2. The van der Waals surface area contributed by atoms with Gasteiger partial charge < -0.3 is 14.4 Å². The molecule has 3 aromatic carbocycles. The van der Waals surface area contributed by atoms with Gasteiger partial charge in [-0.2, -0.15) is 0 Å². The quantitative estimate of drug-likeness (QED) is 0.609. The lowest BCUT2D eigenvalue weighted by Crippen LogP contribution is -2.52. The van der Waals surface area contributed by atoms with Crippen molar-refractivity contribution >= 4 is 11.7 Å². The molecule has 6 heteroatoms. The Hall–Kier alpha value is -3.67. The number of fused-ring (bicyclic) bond motifs is 1. The molecule has 0 radical (unpaired) electrons. The van der Waals surface area contributed by atoms with Gasteiger partial charge in [-0.25, -0.2) is 4.39 Å². The molecule has 162 valence electrons. The minimum atomic E-state index is -0.625. The van der Waals surface area contributed by atoms with Crippen molar-refractivity contribution < 1.29 is 23.5 Å². The lowest BCUT2D eigenvalue weighted by Gasteiger charge is -2.39. The van der Waals surface area contributed by atoms with Crippen molar-refractivity contribution in [1.29, 1.82) is 0 Å². The van der Waals surface area contributed by atoms with Gasteiger partial charge in [0.2, 0.25) is 0 Å². The number of amides is 1. The number of carbonyl (C=O) groups excluding carboxylic acids is 2. The zero-order valence-corrected chi connectivity index (χ0v) is 17.4. The van der Waals surface area contributed by atoms with Gasteiger partial charge in [-0.05, 0) is 17.7 Å². The highest BCUT2D eigenvalue weighted by Gasteiger charge is 2.34. The summed E-state index contributed by atoms with van der Waals surface area (Å²) in [7, 11) is 0. The summed E-state index contributed by atoms with van der Waals surface area (Å²) in [5.74, 6) is 0.233. The molecule has 0 aliphatic carbocycles. The molecule has 5 nitrogen and oxygen atoms in total. The van der Waals surface area contributed by atoms with Crippen molar-refractivity contribution in [3.05, 3.63) is 83.7 Å². The minimum absolute atomic E-state index is 0.0177. The largest absolute Gasteiger partial charge is 0.493 e. The van der Waals surface area contributed by atoms with Crippen LogP contribution in [0, 0.1) is 11.7 Å². The van der Waals surface area contributed by atoms with E-state index in [1.54, 1.807) is 4.90 Å². The lowest BCUT2D eigenvalue weighted by molar-refractivity contribution is -0.121. The molecule has 5 rings (SSSR count). The Bertz CT molecular complexity index is 1170. The average molecular weight is 431 g/mol. The second-order valence-corrected chi connectivity index (χ2v) is 8.19. The zero-order chi connectivity index (χ0) is 22.1. The van der Waals surface area contributed by atoms with Gasteiger partial charge in [-0.15, -0.1) is 0 Å². The van der Waals surface area contributed by atoms with Crippen LogP contribution in [0.4, 0.5) is 4.39 Å². The third-order valence-electron chi connectivity index (χ3n) is 5.85. The van der Waals surface area contributed by atoms with E-state index in [9.17, 15) is 14.0 Å². The number of Topliss-reactive ketones (excluding diaryl/α,β-unsaturated/α-hetero) is 1. The molecule has 0 aromatic heterocycles. The number of carbonyl (C=O) groups is 2. The second kappa shape index (κ2) is 8.46. The summed E-state index contributed by atoms with van der Waals surface area (Å²) >= 11 is 0. The van der Waals surface area contributed by atoms with Gasteiger partial charge >= 0.3 is 0 Å². The highest BCUT2D eigenvalue weighted by atomic mass is 19.1. The van der Waals surface area contributed by atoms with Crippen molar-refractivity contribution in [2.24, 2.45) is 5.92 Å². The molecule has 3 aromatic rings. The van der Waals surface area contributed by atoms with Gasteiger partial charge in [-0.3, -0.25) is 9.59 Å². The van der Waals surface area contributed by atoms with Gasteiger partial charge in [0.25, 0.3) is 5.91 Å². The van der Waals surface area contributed by atoms with Crippen LogP contribution in [0.3, 0.4) is 0 Å². The Kier molecular flexibility index (Phi) is 5.35. The Labute approximate surface area is 185 Å². The molecule has 32 heavy (non-hydrogen) atoms. The maximum Gasteiger partial charge on any atom is 0.256 e.